The van der Waals surface area contributed by atoms with Gasteiger partial charge in [0.15, 0.2) is 11.6 Å². The van der Waals surface area contributed by atoms with Crippen LogP contribution in [0.1, 0.15) is 36.7 Å². The summed E-state index contributed by atoms with van der Waals surface area (Å²) in [4.78, 5) is 38.8. The van der Waals surface area contributed by atoms with Gasteiger partial charge in [-0.3, -0.25) is 14.4 Å². The fourth-order valence-electron chi connectivity index (χ4n) is 3.02. The Balaban J connectivity index is 1.71. The van der Waals surface area contributed by atoms with Gasteiger partial charge in [0.25, 0.3) is 0 Å². The number of carbonyl (C=O) groups is 3. The zero-order chi connectivity index (χ0) is 17.4. The van der Waals surface area contributed by atoms with Crippen LogP contribution in [0.2, 0.25) is 0 Å². The average molecular weight is 347 g/mol. The molecule has 5 heteroatoms. The van der Waals surface area contributed by atoms with E-state index in [4.69, 9.17) is 0 Å². The first-order chi connectivity index (χ1) is 12.1. The van der Waals surface area contributed by atoms with Crippen LogP contribution < -0.4 is 5.32 Å². The van der Waals surface area contributed by atoms with E-state index in [2.05, 4.69) is 5.32 Å². The van der Waals surface area contributed by atoms with E-state index in [0.29, 0.717) is 22.4 Å². The first-order valence-electron chi connectivity index (χ1n) is 7.79. The van der Waals surface area contributed by atoms with Gasteiger partial charge in [-0.2, -0.15) is 0 Å². The maximum Gasteiger partial charge on any atom is 0.229 e. The molecule has 0 aliphatic heterocycles. The molecule has 122 valence electrons. The minimum Gasteiger partial charge on any atom is -0.325 e. The first kappa shape index (κ1) is 15.5. The average Bonchev–Trinajstić information content (AvgIpc) is 3.12. The summed E-state index contributed by atoms with van der Waals surface area (Å²) in [6.07, 6.45) is 0.236. The van der Waals surface area contributed by atoms with Crippen LogP contribution >= 0.6 is 11.3 Å². The lowest BCUT2D eigenvalue weighted by Crippen LogP contribution is -2.24. The molecular weight excluding hydrogens is 334 g/mol. The second-order valence-corrected chi connectivity index (χ2v) is 6.77. The number of nitrogens with one attached hydrogen (secondary N) is 1. The van der Waals surface area contributed by atoms with Crippen molar-refractivity contribution in [2.45, 2.75) is 6.42 Å². The zero-order valence-electron chi connectivity index (χ0n) is 13.1. The Kier molecular flexibility index (Phi) is 3.78. The van der Waals surface area contributed by atoms with Crippen molar-refractivity contribution >= 4 is 34.5 Å². The van der Waals surface area contributed by atoms with E-state index in [1.54, 1.807) is 42.5 Å². The number of ketones is 2. The van der Waals surface area contributed by atoms with Gasteiger partial charge >= 0.3 is 0 Å². The van der Waals surface area contributed by atoms with E-state index < -0.39 is 0 Å². The molecule has 0 saturated heterocycles. The number of benzene rings is 2. The highest BCUT2D eigenvalue weighted by Gasteiger charge is 2.31. The van der Waals surface area contributed by atoms with Crippen molar-refractivity contribution in [2.75, 3.05) is 5.32 Å². The Morgan fingerprint density at radius 3 is 2.28 bits per heavy atom. The largest absolute Gasteiger partial charge is 0.325 e. The van der Waals surface area contributed by atoms with Gasteiger partial charge in [0, 0.05) is 21.6 Å². The molecule has 25 heavy (non-hydrogen) atoms. The van der Waals surface area contributed by atoms with Crippen molar-refractivity contribution in [1.82, 2.24) is 0 Å². The van der Waals surface area contributed by atoms with Crippen molar-refractivity contribution < 1.29 is 14.4 Å². The van der Waals surface area contributed by atoms with Crippen LogP contribution in [0.25, 0.3) is 0 Å². The lowest BCUT2D eigenvalue weighted by molar-refractivity contribution is -0.115. The monoisotopic (exact) mass is 347 g/mol. The van der Waals surface area contributed by atoms with Crippen molar-refractivity contribution in [2.24, 2.45) is 0 Å². The lowest BCUT2D eigenvalue weighted by atomic mass is 9.83. The summed E-state index contributed by atoms with van der Waals surface area (Å²) in [5, 5.41) is 4.69. The number of anilines is 1. The van der Waals surface area contributed by atoms with E-state index in [1.807, 2.05) is 17.5 Å². The van der Waals surface area contributed by atoms with Crippen LogP contribution in [-0.2, 0) is 11.2 Å². The number of rotatable bonds is 3. The smallest absolute Gasteiger partial charge is 0.229 e. The normalized spacial score (nSPS) is 12.5. The Hall–Kier alpha value is -3.05. The fourth-order valence-corrected chi connectivity index (χ4v) is 3.72. The highest BCUT2D eigenvalue weighted by molar-refractivity contribution is 7.10. The molecule has 4 rings (SSSR count). The number of carbonyl (C=O) groups excluding carboxylic acids is 3. The maximum atomic E-state index is 12.9. The molecule has 0 bridgehead atoms. The molecule has 1 aliphatic rings. The predicted molar refractivity (Wildman–Crippen MR) is 96.4 cm³/mol. The summed E-state index contributed by atoms with van der Waals surface area (Å²) in [5.74, 6) is -0.647. The van der Waals surface area contributed by atoms with Gasteiger partial charge in [-0.15, -0.1) is 11.3 Å². The van der Waals surface area contributed by atoms with Gasteiger partial charge in [0.1, 0.15) is 0 Å². The second kappa shape index (κ2) is 6.11. The molecule has 3 aromatic rings. The van der Waals surface area contributed by atoms with Crippen LogP contribution in [0, 0.1) is 0 Å². The highest BCUT2D eigenvalue weighted by Crippen LogP contribution is 2.32. The minimum absolute atomic E-state index is 0.195. The Morgan fingerprint density at radius 1 is 0.840 bits per heavy atom. The van der Waals surface area contributed by atoms with Gasteiger partial charge in [-0.1, -0.05) is 42.5 Å². The van der Waals surface area contributed by atoms with Gasteiger partial charge in [0.2, 0.25) is 5.91 Å². The summed E-state index contributed by atoms with van der Waals surface area (Å²) in [6, 6.07) is 15.5. The fraction of sp³-hybridized carbons (Fsp3) is 0.0500. The second-order valence-electron chi connectivity index (χ2n) is 5.74. The molecule has 2 aromatic carbocycles. The van der Waals surface area contributed by atoms with E-state index in [0.717, 1.165) is 4.88 Å². The molecule has 1 amide bonds. The maximum absolute atomic E-state index is 12.9. The molecule has 0 unspecified atom stereocenters. The van der Waals surface area contributed by atoms with Gasteiger partial charge in [-0.25, -0.2) is 0 Å². The molecule has 1 aliphatic carbocycles. The summed E-state index contributed by atoms with van der Waals surface area (Å²) >= 11 is 1.50. The summed E-state index contributed by atoms with van der Waals surface area (Å²) in [7, 11) is 0. The molecule has 1 heterocycles. The predicted octanol–water partition coefficient (Wildman–Crippen LogP) is 3.70. The minimum atomic E-state index is -0.239. The molecule has 0 saturated carbocycles. The third-order valence-corrected chi connectivity index (χ3v) is 5.02. The molecule has 0 fully saturated rings. The summed E-state index contributed by atoms with van der Waals surface area (Å²) < 4.78 is 0. The number of amides is 1. The Labute approximate surface area is 148 Å². The SMILES string of the molecule is O=C(Cc1cccs1)Nc1cccc2c1C(=O)c1ccccc1C2=O. The molecule has 0 radical (unpaired) electrons. The molecule has 4 nitrogen and oxygen atoms in total. The van der Waals surface area contributed by atoms with Gasteiger partial charge < -0.3 is 5.32 Å². The van der Waals surface area contributed by atoms with Crippen LogP contribution in [0.4, 0.5) is 5.69 Å². The topological polar surface area (TPSA) is 63.2 Å². The number of fused-ring (bicyclic) bond motifs is 2. The molecular formula is C20H13NO3S. The highest BCUT2D eigenvalue weighted by atomic mass is 32.1. The van der Waals surface area contributed by atoms with Crippen molar-refractivity contribution in [3.63, 3.8) is 0 Å². The molecule has 1 aromatic heterocycles. The van der Waals surface area contributed by atoms with Crippen LogP contribution in [-0.4, -0.2) is 17.5 Å². The third-order valence-electron chi connectivity index (χ3n) is 4.14. The van der Waals surface area contributed by atoms with Crippen molar-refractivity contribution in [3.05, 3.63) is 87.1 Å². The summed E-state index contributed by atoms with van der Waals surface area (Å²) in [6.45, 7) is 0. The van der Waals surface area contributed by atoms with Gasteiger partial charge in [-0.05, 0) is 17.5 Å². The van der Waals surface area contributed by atoms with Crippen LogP contribution in [0.15, 0.2) is 60.0 Å². The van der Waals surface area contributed by atoms with E-state index in [1.165, 1.54) is 11.3 Å². The van der Waals surface area contributed by atoms with E-state index in [-0.39, 0.29) is 29.5 Å². The number of hydrogen-bond donors (Lipinski definition) is 1. The quantitative estimate of drug-likeness (QED) is 0.614. The van der Waals surface area contributed by atoms with Crippen molar-refractivity contribution in [3.8, 4) is 0 Å². The molecule has 1 N–H and O–H groups in total. The molecule has 0 atom stereocenters. The Bertz CT molecular complexity index is 1010. The van der Waals surface area contributed by atoms with E-state index >= 15 is 0 Å². The van der Waals surface area contributed by atoms with Crippen molar-refractivity contribution in [1.29, 1.82) is 0 Å². The van der Waals surface area contributed by atoms with Crippen LogP contribution in [0.5, 0.6) is 0 Å². The third kappa shape index (κ3) is 2.68. The van der Waals surface area contributed by atoms with Gasteiger partial charge in [0.05, 0.1) is 17.7 Å². The van der Waals surface area contributed by atoms with E-state index in [9.17, 15) is 14.4 Å². The summed E-state index contributed by atoms with van der Waals surface area (Å²) in [5.41, 5.74) is 1.76. The standard InChI is InChI=1S/C20H13NO3S/c22-17(11-12-5-4-10-25-12)21-16-9-3-8-15-18(16)20(24)14-7-2-1-6-13(14)19(15)23/h1-10H,11H2,(H,21,22). The molecule has 0 spiro atoms. The number of hydrogen-bond acceptors (Lipinski definition) is 4. The Morgan fingerprint density at radius 2 is 1.56 bits per heavy atom. The van der Waals surface area contributed by atoms with Crippen LogP contribution in [0.3, 0.4) is 0 Å². The number of thiophene rings is 1. The zero-order valence-corrected chi connectivity index (χ0v) is 13.9. The lowest BCUT2D eigenvalue weighted by Gasteiger charge is -2.20. The first-order valence-corrected chi connectivity index (χ1v) is 8.67.